The van der Waals surface area contributed by atoms with Gasteiger partial charge in [-0.05, 0) is 19.4 Å². The van der Waals surface area contributed by atoms with E-state index in [1.54, 1.807) is 6.92 Å². The van der Waals surface area contributed by atoms with Gasteiger partial charge in [0.25, 0.3) is 0 Å². The van der Waals surface area contributed by atoms with E-state index in [0.717, 1.165) is 28.8 Å². The van der Waals surface area contributed by atoms with Gasteiger partial charge >= 0.3 is 0 Å². The SMILES string of the molecule is Cc1nc(CCn2c(C)c(C)c3c(N)ncnc32)no1. The van der Waals surface area contributed by atoms with Crippen molar-refractivity contribution in [2.24, 2.45) is 0 Å². The largest absolute Gasteiger partial charge is 0.383 e. The van der Waals surface area contributed by atoms with Crippen molar-refractivity contribution in [1.82, 2.24) is 24.7 Å². The highest BCUT2D eigenvalue weighted by Crippen LogP contribution is 2.26. The third-order valence-electron chi connectivity index (χ3n) is 3.56. The van der Waals surface area contributed by atoms with Crippen LogP contribution in [0.3, 0.4) is 0 Å². The zero-order valence-corrected chi connectivity index (χ0v) is 11.7. The molecule has 104 valence electrons. The van der Waals surface area contributed by atoms with E-state index in [-0.39, 0.29) is 0 Å². The first-order valence-electron chi connectivity index (χ1n) is 6.43. The Kier molecular flexibility index (Phi) is 2.89. The molecule has 3 aromatic heterocycles. The lowest BCUT2D eigenvalue weighted by Gasteiger charge is -2.05. The molecule has 0 fully saturated rings. The van der Waals surface area contributed by atoms with Crippen molar-refractivity contribution in [2.45, 2.75) is 33.7 Å². The highest BCUT2D eigenvalue weighted by atomic mass is 16.5. The second kappa shape index (κ2) is 4.59. The molecule has 0 aliphatic rings. The predicted octanol–water partition coefficient (Wildman–Crippen LogP) is 1.56. The molecular weight excluding hydrogens is 256 g/mol. The summed E-state index contributed by atoms with van der Waals surface area (Å²) in [6, 6.07) is 0. The fourth-order valence-corrected chi connectivity index (χ4v) is 2.42. The van der Waals surface area contributed by atoms with Crippen molar-refractivity contribution >= 4 is 16.9 Å². The Morgan fingerprint density at radius 1 is 1.25 bits per heavy atom. The fraction of sp³-hybridized carbons (Fsp3) is 0.385. The van der Waals surface area contributed by atoms with Crippen LogP contribution in [0, 0.1) is 20.8 Å². The number of nitrogens with two attached hydrogens (primary N) is 1. The van der Waals surface area contributed by atoms with Crippen molar-refractivity contribution in [1.29, 1.82) is 0 Å². The number of rotatable bonds is 3. The van der Waals surface area contributed by atoms with Gasteiger partial charge in [0.15, 0.2) is 5.82 Å². The van der Waals surface area contributed by atoms with Gasteiger partial charge in [-0.2, -0.15) is 4.98 Å². The third kappa shape index (κ3) is 1.91. The van der Waals surface area contributed by atoms with E-state index in [0.29, 0.717) is 24.0 Å². The van der Waals surface area contributed by atoms with Gasteiger partial charge in [0.05, 0.1) is 5.39 Å². The smallest absolute Gasteiger partial charge is 0.223 e. The molecule has 0 amide bonds. The summed E-state index contributed by atoms with van der Waals surface area (Å²) in [5.41, 5.74) is 9.05. The molecule has 3 rings (SSSR count). The standard InChI is InChI=1S/C13H16N6O/c1-7-8(2)19(5-4-10-17-9(3)20-18-10)13-11(7)12(14)15-6-16-13/h6H,4-5H2,1-3H3,(H2,14,15,16). The minimum Gasteiger partial charge on any atom is -0.383 e. The molecule has 3 heterocycles. The topological polar surface area (TPSA) is 95.7 Å². The van der Waals surface area contributed by atoms with E-state index in [1.807, 2.05) is 6.92 Å². The van der Waals surface area contributed by atoms with E-state index in [9.17, 15) is 0 Å². The highest BCUT2D eigenvalue weighted by Gasteiger charge is 2.15. The van der Waals surface area contributed by atoms with Crippen LogP contribution in [0.1, 0.15) is 23.0 Å². The number of aromatic nitrogens is 5. The number of aryl methyl sites for hydroxylation is 4. The number of hydrogen-bond acceptors (Lipinski definition) is 6. The van der Waals surface area contributed by atoms with E-state index < -0.39 is 0 Å². The van der Waals surface area contributed by atoms with Gasteiger partial charge in [-0.25, -0.2) is 9.97 Å². The molecule has 0 bridgehead atoms. The quantitative estimate of drug-likeness (QED) is 0.777. The molecule has 0 aliphatic carbocycles. The van der Waals surface area contributed by atoms with Gasteiger partial charge in [0, 0.05) is 25.6 Å². The van der Waals surface area contributed by atoms with Crippen molar-refractivity contribution < 1.29 is 4.52 Å². The maximum absolute atomic E-state index is 5.95. The second-order valence-electron chi connectivity index (χ2n) is 4.80. The minimum atomic E-state index is 0.518. The minimum absolute atomic E-state index is 0.518. The molecule has 0 radical (unpaired) electrons. The van der Waals surface area contributed by atoms with Crippen LogP contribution in [0.4, 0.5) is 5.82 Å². The molecule has 0 saturated carbocycles. The summed E-state index contributed by atoms with van der Waals surface area (Å²) in [5.74, 6) is 1.80. The summed E-state index contributed by atoms with van der Waals surface area (Å²) in [5, 5.41) is 4.83. The molecule has 0 unspecified atom stereocenters. The zero-order valence-electron chi connectivity index (χ0n) is 11.7. The number of nitrogen functional groups attached to an aromatic ring is 1. The Morgan fingerprint density at radius 3 is 2.75 bits per heavy atom. The average molecular weight is 272 g/mol. The van der Waals surface area contributed by atoms with Crippen LogP contribution in [0.15, 0.2) is 10.9 Å². The van der Waals surface area contributed by atoms with Crippen molar-refractivity contribution in [3.8, 4) is 0 Å². The zero-order chi connectivity index (χ0) is 14.3. The molecule has 7 heteroatoms. The fourth-order valence-electron chi connectivity index (χ4n) is 2.42. The van der Waals surface area contributed by atoms with E-state index in [1.165, 1.54) is 6.33 Å². The average Bonchev–Trinajstić information content (AvgIpc) is 2.93. The van der Waals surface area contributed by atoms with Gasteiger partial charge in [0.1, 0.15) is 17.8 Å². The number of nitrogens with zero attached hydrogens (tertiary/aromatic N) is 5. The van der Waals surface area contributed by atoms with Crippen LogP contribution < -0.4 is 5.73 Å². The van der Waals surface area contributed by atoms with Gasteiger partial charge in [-0.3, -0.25) is 0 Å². The molecular formula is C13H16N6O. The van der Waals surface area contributed by atoms with Crippen LogP contribution in [-0.2, 0) is 13.0 Å². The monoisotopic (exact) mass is 272 g/mol. The number of anilines is 1. The molecule has 7 nitrogen and oxygen atoms in total. The van der Waals surface area contributed by atoms with Gasteiger partial charge in [-0.15, -0.1) is 0 Å². The Labute approximate surface area is 115 Å². The van der Waals surface area contributed by atoms with E-state index in [4.69, 9.17) is 10.3 Å². The Bertz CT molecular complexity index is 773. The van der Waals surface area contributed by atoms with E-state index in [2.05, 4.69) is 31.6 Å². The maximum Gasteiger partial charge on any atom is 0.223 e. The molecule has 0 atom stereocenters. The van der Waals surface area contributed by atoms with Crippen molar-refractivity contribution in [3.63, 3.8) is 0 Å². The summed E-state index contributed by atoms with van der Waals surface area (Å²) < 4.78 is 7.10. The Hall–Kier alpha value is -2.44. The molecule has 2 N–H and O–H groups in total. The molecule has 0 spiro atoms. The first-order valence-corrected chi connectivity index (χ1v) is 6.43. The normalized spacial score (nSPS) is 11.3. The van der Waals surface area contributed by atoms with E-state index >= 15 is 0 Å². The Morgan fingerprint density at radius 2 is 2.05 bits per heavy atom. The van der Waals surface area contributed by atoms with Gasteiger partial charge in [-0.1, -0.05) is 5.16 Å². The second-order valence-corrected chi connectivity index (χ2v) is 4.80. The van der Waals surface area contributed by atoms with Crippen LogP contribution >= 0.6 is 0 Å². The summed E-state index contributed by atoms with van der Waals surface area (Å²) in [6.45, 7) is 6.60. The molecule has 0 aromatic carbocycles. The van der Waals surface area contributed by atoms with Gasteiger partial charge in [0.2, 0.25) is 5.89 Å². The molecule has 0 saturated heterocycles. The predicted molar refractivity (Wildman–Crippen MR) is 74.2 cm³/mol. The summed E-state index contributed by atoms with van der Waals surface area (Å²) in [4.78, 5) is 12.6. The number of fused-ring (bicyclic) bond motifs is 1. The summed E-state index contributed by atoms with van der Waals surface area (Å²) in [7, 11) is 0. The third-order valence-corrected chi connectivity index (χ3v) is 3.56. The molecule has 0 aliphatic heterocycles. The number of hydrogen-bond donors (Lipinski definition) is 1. The Balaban J connectivity index is 1.99. The lowest BCUT2D eigenvalue weighted by molar-refractivity contribution is 0.386. The molecule has 3 aromatic rings. The van der Waals surface area contributed by atoms with Crippen LogP contribution in [0.25, 0.3) is 11.0 Å². The van der Waals surface area contributed by atoms with Crippen molar-refractivity contribution in [3.05, 3.63) is 29.3 Å². The highest BCUT2D eigenvalue weighted by molar-refractivity contribution is 5.90. The molecule has 20 heavy (non-hydrogen) atoms. The first kappa shape index (κ1) is 12.6. The summed E-state index contributed by atoms with van der Waals surface area (Å²) >= 11 is 0. The van der Waals surface area contributed by atoms with Crippen LogP contribution in [0.5, 0.6) is 0 Å². The maximum atomic E-state index is 5.95. The lowest BCUT2D eigenvalue weighted by Crippen LogP contribution is -2.05. The van der Waals surface area contributed by atoms with Gasteiger partial charge < -0.3 is 14.8 Å². The van der Waals surface area contributed by atoms with Crippen LogP contribution in [0.2, 0.25) is 0 Å². The van der Waals surface area contributed by atoms with Crippen LogP contribution in [-0.4, -0.2) is 24.7 Å². The lowest BCUT2D eigenvalue weighted by atomic mass is 10.2. The van der Waals surface area contributed by atoms with Crippen molar-refractivity contribution in [2.75, 3.05) is 5.73 Å². The summed E-state index contributed by atoms with van der Waals surface area (Å²) in [6.07, 6.45) is 2.18. The first-order chi connectivity index (χ1) is 9.58.